The third-order valence-corrected chi connectivity index (χ3v) is 4.34. The summed E-state index contributed by atoms with van der Waals surface area (Å²) in [6, 6.07) is 7.72. The van der Waals surface area contributed by atoms with E-state index in [1.54, 1.807) is 0 Å². The lowest BCUT2D eigenvalue weighted by molar-refractivity contribution is -0.125. The van der Waals surface area contributed by atoms with Crippen molar-refractivity contribution < 1.29 is 9.59 Å². The molecule has 112 valence electrons. The van der Waals surface area contributed by atoms with Crippen LogP contribution in [0, 0.1) is 11.8 Å². The van der Waals surface area contributed by atoms with Crippen molar-refractivity contribution >= 4 is 17.5 Å². The number of hydrogen-bond donors (Lipinski definition) is 2. The highest BCUT2D eigenvalue weighted by molar-refractivity contribution is 5.94. The number of hydrogen-bond acceptors (Lipinski definition) is 2. The number of carbonyl (C=O) groups is 2. The van der Waals surface area contributed by atoms with Gasteiger partial charge in [-0.2, -0.15) is 0 Å². The smallest absolute Gasteiger partial charge is 0.227 e. The third kappa shape index (κ3) is 3.84. The SMILES string of the molecule is O=C(NCc1cccc(NC(=O)C2CC2)c1)C1CCCC1. The summed E-state index contributed by atoms with van der Waals surface area (Å²) in [7, 11) is 0. The van der Waals surface area contributed by atoms with Crippen LogP contribution >= 0.6 is 0 Å². The molecule has 2 aliphatic carbocycles. The summed E-state index contributed by atoms with van der Waals surface area (Å²) in [5, 5.41) is 5.94. The Morgan fingerprint density at radius 2 is 1.71 bits per heavy atom. The summed E-state index contributed by atoms with van der Waals surface area (Å²) < 4.78 is 0. The molecule has 0 spiro atoms. The Morgan fingerprint density at radius 1 is 1.00 bits per heavy atom. The molecule has 0 aromatic heterocycles. The van der Waals surface area contributed by atoms with Gasteiger partial charge in [0.25, 0.3) is 0 Å². The Labute approximate surface area is 125 Å². The summed E-state index contributed by atoms with van der Waals surface area (Å²) in [4.78, 5) is 23.7. The number of rotatable bonds is 5. The summed E-state index contributed by atoms with van der Waals surface area (Å²) in [6.07, 6.45) is 6.38. The maximum absolute atomic E-state index is 12.0. The Bertz CT molecular complexity index is 531. The second kappa shape index (κ2) is 6.29. The normalized spacial score (nSPS) is 18.5. The first kappa shape index (κ1) is 14.1. The summed E-state index contributed by atoms with van der Waals surface area (Å²) >= 11 is 0. The topological polar surface area (TPSA) is 58.2 Å². The van der Waals surface area contributed by atoms with E-state index < -0.39 is 0 Å². The molecule has 2 aliphatic rings. The van der Waals surface area contributed by atoms with Crippen molar-refractivity contribution in [2.45, 2.75) is 45.1 Å². The molecule has 0 radical (unpaired) electrons. The van der Waals surface area contributed by atoms with Gasteiger partial charge in [-0.05, 0) is 43.4 Å². The van der Waals surface area contributed by atoms with Crippen LogP contribution in [-0.4, -0.2) is 11.8 Å². The van der Waals surface area contributed by atoms with Crippen molar-refractivity contribution in [1.82, 2.24) is 5.32 Å². The maximum atomic E-state index is 12.0. The lowest BCUT2D eigenvalue weighted by Gasteiger charge is -2.11. The van der Waals surface area contributed by atoms with Crippen molar-refractivity contribution in [3.05, 3.63) is 29.8 Å². The molecule has 0 atom stereocenters. The molecule has 4 heteroatoms. The number of amides is 2. The molecule has 0 heterocycles. The highest BCUT2D eigenvalue weighted by Crippen LogP contribution is 2.30. The minimum Gasteiger partial charge on any atom is -0.352 e. The van der Waals surface area contributed by atoms with E-state index in [0.29, 0.717) is 6.54 Å². The average Bonchev–Trinajstić information content (AvgIpc) is 3.20. The number of carbonyl (C=O) groups excluding carboxylic acids is 2. The molecule has 2 amide bonds. The first-order valence-corrected chi connectivity index (χ1v) is 7.90. The molecule has 0 aliphatic heterocycles. The Balaban J connectivity index is 1.52. The van der Waals surface area contributed by atoms with Gasteiger partial charge in [0.2, 0.25) is 11.8 Å². The highest BCUT2D eigenvalue weighted by Gasteiger charge is 2.29. The molecule has 21 heavy (non-hydrogen) atoms. The first-order chi connectivity index (χ1) is 10.2. The Morgan fingerprint density at radius 3 is 2.43 bits per heavy atom. The molecule has 3 rings (SSSR count). The summed E-state index contributed by atoms with van der Waals surface area (Å²) in [5.74, 6) is 0.681. The molecule has 2 N–H and O–H groups in total. The van der Waals surface area contributed by atoms with E-state index >= 15 is 0 Å². The second-order valence-electron chi connectivity index (χ2n) is 6.16. The van der Waals surface area contributed by atoms with Gasteiger partial charge in [0.05, 0.1) is 0 Å². The van der Waals surface area contributed by atoms with Crippen molar-refractivity contribution in [2.75, 3.05) is 5.32 Å². The second-order valence-corrected chi connectivity index (χ2v) is 6.16. The molecule has 0 saturated heterocycles. The van der Waals surface area contributed by atoms with Crippen molar-refractivity contribution in [2.24, 2.45) is 11.8 Å². The van der Waals surface area contributed by atoms with Crippen LogP contribution in [0.1, 0.15) is 44.1 Å². The van der Waals surface area contributed by atoms with Gasteiger partial charge in [-0.25, -0.2) is 0 Å². The molecular weight excluding hydrogens is 264 g/mol. The van der Waals surface area contributed by atoms with Crippen LogP contribution in [0.3, 0.4) is 0 Å². The van der Waals surface area contributed by atoms with Gasteiger partial charge in [0.1, 0.15) is 0 Å². The zero-order valence-electron chi connectivity index (χ0n) is 12.2. The van der Waals surface area contributed by atoms with Crippen molar-refractivity contribution in [3.63, 3.8) is 0 Å². The van der Waals surface area contributed by atoms with Gasteiger partial charge in [0, 0.05) is 24.1 Å². The van der Waals surface area contributed by atoms with Gasteiger partial charge in [0.15, 0.2) is 0 Å². The standard InChI is InChI=1S/C17H22N2O2/c20-16(13-5-1-2-6-13)18-11-12-4-3-7-15(10-12)19-17(21)14-8-9-14/h3-4,7,10,13-14H,1-2,5-6,8-9,11H2,(H,18,20)(H,19,21). The predicted octanol–water partition coefficient (Wildman–Crippen LogP) is 2.84. The molecular formula is C17H22N2O2. The zero-order valence-corrected chi connectivity index (χ0v) is 12.2. The molecule has 2 fully saturated rings. The average molecular weight is 286 g/mol. The van der Waals surface area contributed by atoms with E-state index in [9.17, 15) is 9.59 Å². The highest BCUT2D eigenvalue weighted by atomic mass is 16.2. The van der Waals surface area contributed by atoms with E-state index in [1.165, 1.54) is 12.8 Å². The molecule has 0 bridgehead atoms. The fourth-order valence-electron chi connectivity index (χ4n) is 2.87. The molecule has 4 nitrogen and oxygen atoms in total. The monoisotopic (exact) mass is 286 g/mol. The quantitative estimate of drug-likeness (QED) is 0.874. The molecule has 1 aromatic carbocycles. The number of nitrogens with one attached hydrogen (secondary N) is 2. The minimum atomic E-state index is 0.113. The summed E-state index contributed by atoms with van der Waals surface area (Å²) in [6.45, 7) is 0.530. The number of benzene rings is 1. The van der Waals surface area contributed by atoms with Crippen LogP contribution in [0.4, 0.5) is 5.69 Å². The van der Waals surface area contributed by atoms with Crippen molar-refractivity contribution in [3.8, 4) is 0 Å². The largest absolute Gasteiger partial charge is 0.352 e. The Hall–Kier alpha value is -1.84. The number of anilines is 1. The first-order valence-electron chi connectivity index (χ1n) is 7.90. The Kier molecular flexibility index (Phi) is 4.23. The van der Waals surface area contributed by atoms with Gasteiger partial charge in [-0.1, -0.05) is 25.0 Å². The zero-order chi connectivity index (χ0) is 14.7. The van der Waals surface area contributed by atoms with Crippen molar-refractivity contribution in [1.29, 1.82) is 0 Å². The van der Waals surface area contributed by atoms with Crippen LogP contribution in [0.2, 0.25) is 0 Å². The van der Waals surface area contributed by atoms with E-state index in [1.807, 2.05) is 24.3 Å². The fraction of sp³-hybridized carbons (Fsp3) is 0.529. The van der Waals surface area contributed by atoms with Crippen LogP contribution in [0.5, 0.6) is 0 Å². The van der Waals surface area contributed by atoms with E-state index in [2.05, 4.69) is 10.6 Å². The van der Waals surface area contributed by atoms with Crippen LogP contribution < -0.4 is 10.6 Å². The van der Waals surface area contributed by atoms with E-state index in [4.69, 9.17) is 0 Å². The van der Waals surface area contributed by atoms with E-state index in [0.717, 1.165) is 36.9 Å². The maximum Gasteiger partial charge on any atom is 0.227 e. The van der Waals surface area contributed by atoms with Crippen LogP contribution in [0.15, 0.2) is 24.3 Å². The molecule has 0 unspecified atom stereocenters. The van der Waals surface area contributed by atoms with Gasteiger partial charge >= 0.3 is 0 Å². The van der Waals surface area contributed by atoms with Crippen LogP contribution in [-0.2, 0) is 16.1 Å². The lowest BCUT2D eigenvalue weighted by Crippen LogP contribution is -2.28. The van der Waals surface area contributed by atoms with Gasteiger partial charge in [-0.15, -0.1) is 0 Å². The predicted molar refractivity (Wildman–Crippen MR) is 81.6 cm³/mol. The van der Waals surface area contributed by atoms with E-state index in [-0.39, 0.29) is 23.7 Å². The molecule has 2 saturated carbocycles. The summed E-state index contributed by atoms with van der Waals surface area (Å²) in [5.41, 5.74) is 1.84. The fourth-order valence-corrected chi connectivity index (χ4v) is 2.87. The molecule has 1 aromatic rings. The van der Waals surface area contributed by atoms with Gasteiger partial charge in [-0.3, -0.25) is 9.59 Å². The minimum absolute atomic E-state index is 0.113. The third-order valence-electron chi connectivity index (χ3n) is 4.34. The lowest BCUT2D eigenvalue weighted by atomic mass is 10.1. The van der Waals surface area contributed by atoms with Gasteiger partial charge < -0.3 is 10.6 Å². The van der Waals surface area contributed by atoms with Crippen LogP contribution in [0.25, 0.3) is 0 Å².